The number of Topliss-reactive ketones (excluding diaryl/α,β-unsaturated/α-hetero) is 1. The van der Waals surface area contributed by atoms with Crippen LogP contribution in [0.4, 0.5) is 0 Å². The lowest BCUT2D eigenvalue weighted by molar-refractivity contribution is -0.153. The molecule has 18 heavy (non-hydrogen) atoms. The molecule has 0 radical (unpaired) electrons. The second-order valence-corrected chi connectivity index (χ2v) is 5.21. The standard InChI is InChI=1S/C14H22O4/c1-3-5-10(14(16)17-4-2)13(15)11-8-9-6-7-12(11)18-9/h9-12H,3-8H2,1-2H3. The number of hydrogen-bond donors (Lipinski definition) is 0. The Balaban J connectivity index is 2.01. The summed E-state index contributed by atoms with van der Waals surface area (Å²) in [5.74, 6) is -0.970. The molecule has 4 atom stereocenters. The third-order valence-electron chi connectivity index (χ3n) is 3.96. The molecule has 0 spiro atoms. The molecular weight excluding hydrogens is 232 g/mol. The molecule has 2 aliphatic heterocycles. The van der Waals surface area contributed by atoms with Gasteiger partial charge in [-0.25, -0.2) is 0 Å². The molecule has 2 aliphatic rings. The molecule has 2 bridgehead atoms. The molecule has 0 aromatic rings. The quantitative estimate of drug-likeness (QED) is 0.538. The van der Waals surface area contributed by atoms with Crippen LogP contribution in [0, 0.1) is 11.8 Å². The first-order valence-corrected chi connectivity index (χ1v) is 7.03. The first-order chi connectivity index (χ1) is 8.67. The molecule has 0 aromatic heterocycles. The van der Waals surface area contributed by atoms with E-state index < -0.39 is 5.92 Å². The van der Waals surface area contributed by atoms with Gasteiger partial charge in [-0.1, -0.05) is 13.3 Å². The zero-order valence-electron chi connectivity index (χ0n) is 11.2. The number of hydrogen-bond acceptors (Lipinski definition) is 4. The number of carbonyl (C=O) groups is 2. The van der Waals surface area contributed by atoms with Gasteiger partial charge in [-0.05, 0) is 32.6 Å². The van der Waals surface area contributed by atoms with Crippen LogP contribution in [0.3, 0.4) is 0 Å². The van der Waals surface area contributed by atoms with Crippen molar-refractivity contribution in [2.24, 2.45) is 11.8 Å². The molecule has 2 saturated heterocycles. The molecule has 2 fully saturated rings. The van der Waals surface area contributed by atoms with Crippen LogP contribution in [-0.2, 0) is 19.1 Å². The average molecular weight is 254 g/mol. The molecule has 2 heterocycles. The Labute approximate surface area is 108 Å². The minimum Gasteiger partial charge on any atom is -0.465 e. The van der Waals surface area contributed by atoms with Crippen molar-refractivity contribution in [3.63, 3.8) is 0 Å². The van der Waals surface area contributed by atoms with E-state index in [4.69, 9.17) is 9.47 Å². The Morgan fingerprint density at radius 2 is 2.11 bits per heavy atom. The third kappa shape index (κ3) is 2.58. The highest BCUT2D eigenvalue weighted by Crippen LogP contribution is 2.40. The number of ether oxygens (including phenoxy) is 2. The van der Waals surface area contributed by atoms with E-state index in [0.29, 0.717) is 13.0 Å². The number of fused-ring (bicyclic) bond motifs is 2. The van der Waals surface area contributed by atoms with Crippen molar-refractivity contribution in [3.05, 3.63) is 0 Å². The topological polar surface area (TPSA) is 52.6 Å². The van der Waals surface area contributed by atoms with Gasteiger partial charge in [-0.15, -0.1) is 0 Å². The molecule has 4 nitrogen and oxygen atoms in total. The zero-order chi connectivity index (χ0) is 13.1. The normalized spacial score (nSPS) is 31.3. The number of rotatable bonds is 6. The summed E-state index contributed by atoms with van der Waals surface area (Å²) in [6, 6.07) is 0. The average Bonchev–Trinajstić information content (AvgIpc) is 2.97. The predicted molar refractivity (Wildman–Crippen MR) is 66.0 cm³/mol. The molecule has 4 unspecified atom stereocenters. The Kier molecular flexibility index (Phi) is 4.38. The summed E-state index contributed by atoms with van der Waals surface area (Å²) < 4.78 is 10.7. The van der Waals surface area contributed by atoms with E-state index >= 15 is 0 Å². The van der Waals surface area contributed by atoms with Crippen molar-refractivity contribution in [3.8, 4) is 0 Å². The van der Waals surface area contributed by atoms with E-state index in [1.807, 2.05) is 6.92 Å². The molecule has 0 aromatic carbocycles. The van der Waals surface area contributed by atoms with Crippen LogP contribution in [-0.4, -0.2) is 30.6 Å². The summed E-state index contributed by atoms with van der Waals surface area (Å²) in [5.41, 5.74) is 0. The molecule has 2 rings (SSSR count). The minimum atomic E-state index is -0.581. The van der Waals surface area contributed by atoms with Gasteiger partial charge < -0.3 is 9.47 Å². The lowest BCUT2D eigenvalue weighted by Crippen LogP contribution is -2.35. The third-order valence-corrected chi connectivity index (χ3v) is 3.96. The van der Waals surface area contributed by atoms with Crippen molar-refractivity contribution < 1.29 is 19.1 Å². The van der Waals surface area contributed by atoms with Crippen LogP contribution >= 0.6 is 0 Å². The summed E-state index contributed by atoms with van der Waals surface area (Å²) in [5, 5.41) is 0. The van der Waals surface area contributed by atoms with Crippen molar-refractivity contribution in [2.45, 2.75) is 58.2 Å². The van der Waals surface area contributed by atoms with Crippen molar-refractivity contribution in [1.29, 1.82) is 0 Å². The molecule has 0 aliphatic carbocycles. The Hall–Kier alpha value is -0.900. The van der Waals surface area contributed by atoms with Crippen LogP contribution in [0.15, 0.2) is 0 Å². The van der Waals surface area contributed by atoms with Crippen molar-refractivity contribution >= 4 is 11.8 Å². The molecule has 4 heteroatoms. The second kappa shape index (κ2) is 5.83. The van der Waals surface area contributed by atoms with Gasteiger partial charge in [0.1, 0.15) is 5.92 Å². The first-order valence-electron chi connectivity index (χ1n) is 7.03. The Morgan fingerprint density at radius 3 is 2.61 bits per heavy atom. The minimum absolute atomic E-state index is 0.0440. The van der Waals surface area contributed by atoms with E-state index in [2.05, 4.69) is 0 Å². The van der Waals surface area contributed by atoms with Crippen LogP contribution in [0.25, 0.3) is 0 Å². The maximum absolute atomic E-state index is 12.5. The molecular formula is C14H22O4. The van der Waals surface area contributed by atoms with Gasteiger partial charge in [0.15, 0.2) is 5.78 Å². The largest absolute Gasteiger partial charge is 0.465 e. The van der Waals surface area contributed by atoms with E-state index in [1.54, 1.807) is 6.92 Å². The highest BCUT2D eigenvalue weighted by molar-refractivity contribution is 6.00. The second-order valence-electron chi connectivity index (χ2n) is 5.21. The Morgan fingerprint density at radius 1 is 1.33 bits per heavy atom. The monoisotopic (exact) mass is 254 g/mol. The Bertz CT molecular complexity index is 326. The van der Waals surface area contributed by atoms with Gasteiger partial charge >= 0.3 is 5.97 Å². The summed E-state index contributed by atoms with van der Waals surface area (Å²) in [6.45, 7) is 4.09. The molecule has 0 N–H and O–H groups in total. The highest BCUT2D eigenvalue weighted by atomic mass is 16.5. The summed E-state index contributed by atoms with van der Waals surface area (Å²) in [6.07, 6.45) is 4.52. The van der Waals surface area contributed by atoms with Crippen LogP contribution in [0.1, 0.15) is 46.0 Å². The lowest BCUT2D eigenvalue weighted by Gasteiger charge is -2.22. The van der Waals surface area contributed by atoms with Crippen LogP contribution in [0.5, 0.6) is 0 Å². The summed E-state index contributed by atoms with van der Waals surface area (Å²) >= 11 is 0. The van der Waals surface area contributed by atoms with Crippen LogP contribution < -0.4 is 0 Å². The number of esters is 1. The SMILES string of the molecule is CCCC(C(=O)OCC)C(=O)C1CC2CCC1O2. The van der Waals surface area contributed by atoms with Crippen molar-refractivity contribution in [2.75, 3.05) is 6.61 Å². The number of ketones is 1. The van der Waals surface area contributed by atoms with Gasteiger partial charge in [0.25, 0.3) is 0 Å². The van der Waals surface area contributed by atoms with Gasteiger partial charge in [-0.3, -0.25) is 9.59 Å². The van der Waals surface area contributed by atoms with E-state index in [1.165, 1.54) is 0 Å². The fourth-order valence-electron chi connectivity index (χ4n) is 3.10. The fraction of sp³-hybridized carbons (Fsp3) is 0.857. The first kappa shape index (κ1) is 13.5. The van der Waals surface area contributed by atoms with Gasteiger partial charge in [0.05, 0.1) is 18.8 Å². The van der Waals surface area contributed by atoms with E-state index in [0.717, 1.165) is 25.7 Å². The summed E-state index contributed by atoms with van der Waals surface area (Å²) in [4.78, 5) is 24.3. The van der Waals surface area contributed by atoms with Gasteiger partial charge in [0, 0.05) is 5.92 Å². The highest BCUT2D eigenvalue weighted by Gasteiger charge is 2.47. The number of carbonyl (C=O) groups excluding carboxylic acids is 2. The smallest absolute Gasteiger partial charge is 0.316 e. The predicted octanol–water partition coefficient (Wildman–Crippen LogP) is 2.10. The lowest BCUT2D eigenvalue weighted by atomic mass is 9.80. The van der Waals surface area contributed by atoms with Gasteiger partial charge in [-0.2, -0.15) is 0 Å². The zero-order valence-corrected chi connectivity index (χ0v) is 11.2. The molecule has 102 valence electrons. The van der Waals surface area contributed by atoms with Crippen LogP contribution in [0.2, 0.25) is 0 Å². The maximum Gasteiger partial charge on any atom is 0.316 e. The van der Waals surface area contributed by atoms with E-state index in [-0.39, 0.29) is 29.9 Å². The van der Waals surface area contributed by atoms with Crippen molar-refractivity contribution in [1.82, 2.24) is 0 Å². The van der Waals surface area contributed by atoms with Gasteiger partial charge in [0.2, 0.25) is 0 Å². The summed E-state index contributed by atoms with van der Waals surface area (Å²) in [7, 11) is 0. The fourth-order valence-corrected chi connectivity index (χ4v) is 3.10. The maximum atomic E-state index is 12.5. The van der Waals surface area contributed by atoms with E-state index in [9.17, 15) is 9.59 Å². The molecule has 0 amide bonds. The molecule has 0 saturated carbocycles.